The first kappa shape index (κ1) is 27.0. The van der Waals surface area contributed by atoms with Crippen LogP contribution in [0.4, 0.5) is 0 Å². The molecule has 1 saturated heterocycles. The molecule has 1 atom stereocenters. The number of para-hydroxylation sites is 1. The van der Waals surface area contributed by atoms with Crippen LogP contribution in [0.5, 0.6) is 11.5 Å². The zero-order valence-electron chi connectivity index (χ0n) is 22.3. The van der Waals surface area contributed by atoms with Crippen LogP contribution in [0.3, 0.4) is 0 Å². The van der Waals surface area contributed by atoms with Gasteiger partial charge in [-0.1, -0.05) is 48.2 Å². The van der Waals surface area contributed by atoms with Gasteiger partial charge in [-0.25, -0.2) is 4.68 Å². The molecule has 8 nitrogen and oxygen atoms in total. The van der Waals surface area contributed by atoms with E-state index in [1.54, 1.807) is 31.4 Å². The van der Waals surface area contributed by atoms with E-state index in [4.69, 9.17) is 14.6 Å². The maximum Gasteiger partial charge on any atom is 0.242 e. The zero-order chi connectivity index (χ0) is 27.9. The smallest absolute Gasteiger partial charge is 0.242 e. The molecule has 1 fully saturated rings. The lowest BCUT2D eigenvalue weighted by atomic mass is 10.1. The van der Waals surface area contributed by atoms with E-state index >= 15 is 0 Å². The number of aromatic nitrogens is 2. The summed E-state index contributed by atoms with van der Waals surface area (Å²) in [6.45, 7) is 4.17. The van der Waals surface area contributed by atoms with Gasteiger partial charge in [0.2, 0.25) is 5.91 Å². The summed E-state index contributed by atoms with van der Waals surface area (Å²) in [5.74, 6) is 1.54. The van der Waals surface area contributed by atoms with Gasteiger partial charge in [0, 0.05) is 23.9 Å². The summed E-state index contributed by atoms with van der Waals surface area (Å²) in [7, 11) is 3.27. The van der Waals surface area contributed by atoms with Crippen LogP contribution in [-0.2, 0) is 11.2 Å². The maximum absolute atomic E-state index is 13.2. The number of methoxy groups -OCH3 is 2. The van der Waals surface area contributed by atoms with Gasteiger partial charge in [0.1, 0.15) is 17.2 Å². The Balaban J connectivity index is 1.42. The van der Waals surface area contributed by atoms with Gasteiger partial charge in [0.05, 0.1) is 31.4 Å². The second-order valence-electron chi connectivity index (χ2n) is 8.97. The van der Waals surface area contributed by atoms with Crippen molar-refractivity contribution in [2.75, 3.05) is 20.8 Å². The van der Waals surface area contributed by atoms with E-state index < -0.39 is 0 Å². The molecule has 1 unspecified atom stereocenters. The van der Waals surface area contributed by atoms with Crippen molar-refractivity contribution in [1.82, 2.24) is 14.7 Å². The Morgan fingerprint density at radius 3 is 2.30 bits per heavy atom. The molecule has 1 aromatic heterocycles. The molecule has 5 rings (SSSR count). The van der Waals surface area contributed by atoms with Crippen LogP contribution in [0.15, 0.2) is 108 Å². The third-order valence-corrected chi connectivity index (χ3v) is 7.54. The number of carbonyl (C=O) groups is 1. The number of amides is 1. The second kappa shape index (κ2) is 12.5. The minimum absolute atomic E-state index is 0.00881. The minimum Gasteiger partial charge on any atom is -0.497 e. The van der Waals surface area contributed by atoms with E-state index in [1.807, 2.05) is 89.7 Å². The summed E-state index contributed by atoms with van der Waals surface area (Å²) < 4.78 is 12.4. The first-order valence-corrected chi connectivity index (χ1v) is 13.6. The highest BCUT2D eigenvalue weighted by atomic mass is 32.2. The molecule has 0 aliphatic carbocycles. The van der Waals surface area contributed by atoms with Gasteiger partial charge in [0.15, 0.2) is 5.17 Å². The van der Waals surface area contributed by atoms with Crippen LogP contribution in [0.25, 0.3) is 16.9 Å². The Morgan fingerprint density at radius 2 is 1.65 bits per heavy atom. The van der Waals surface area contributed by atoms with Crippen LogP contribution in [0.1, 0.15) is 11.1 Å². The molecule has 2 heterocycles. The van der Waals surface area contributed by atoms with Crippen LogP contribution in [0, 0.1) is 0 Å². The fourth-order valence-electron chi connectivity index (χ4n) is 4.30. The highest BCUT2D eigenvalue weighted by Crippen LogP contribution is 2.31. The normalized spacial score (nSPS) is 16.1. The predicted octanol–water partition coefficient (Wildman–Crippen LogP) is 5.62. The Labute approximate surface area is 237 Å². The van der Waals surface area contributed by atoms with Crippen LogP contribution < -0.4 is 9.47 Å². The summed E-state index contributed by atoms with van der Waals surface area (Å²) in [5.41, 5.74) is 4.44. The molecular weight excluding hydrogens is 522 g/mol. The summed E-state index contributed by atoms with van der Waals surface area (Å²) in [5, 5.41) is 13.9. The van der Waals surface area contributed by atoms with Gasteiger partial charge in [-0.3, -0.25) is 9.69 Å². The SMILES string of the molecule is C=CCN1C(=O)C(Cc2ccc(OC)cc2)SC1=NN=Cc1cn(-c2ccccc2)nc1-c1ccc(OC)cc1. The molecule has 1 amide bonds. The summed E-state index contributed by atoms with van der Waals surface area (Å²) in [4.78, 5) is 14.8. The minimum atomic E-state index is -0.294. The topological polar surface area (TPSA) is 81.3 Å². The standard InChI is InChI=1S/C31H29N5O3S/c1-4-18-35-30(37)28(19-22-10-14-26(38-2)15-11-22)40-31(35)33-32-20-24-21-36(25-8-6-5-7-9-25)34-29(24)23-12-16-27(39-3)17-13-23/h4-17,20-21,28H,1,18-19H2,2-3H3. The number of amidine groups is 1. The van der Waals surface area contributed by atoms with E-state index in [9.17, 15) is 4.79 Å². The molecule has 0 spiro atoms. The average molecular weight is 552 g/mol. The van der Waals surface area contributed by atoms with Crippen molar-refractivity contribution in [2.24, 2.45) is 10.2 Å². The average Bonchev–Trinajstić information content (AvgIpc) is 3.55. The number of nitrogens with zero attached hydrogens (tertiary/aromatic N) is 5. The Morgan fingerprint density at radius 1 is 0.975 bits per heavy atom. The van der Waals surface area contributed by atoms with Crippen LogP contribution in [-0.4, -0.2) is 58.0 Å². The van der Waals surface area contributed by atoms with Gasteiger partial charge < -0.3 is 9.47 Å². The third kappa shape index (κ3) is 6.00. The molecule has 9 heteroatoms. The van der Waals surface area contributed by atoms with Gasteiger partial charge in [0.25, 0.3) is 0 Å². The summed E-state index contributed by atoms with van der Waals surface area (Å²) in [6, 6.07) is 25.3. The second-order valence-corrected chi connectivity index (χ2v) is 10.1. The number of ether oxygens (including phenoxy) is 2. The largest absolute Gasteiger partial charge is 0.497 e. The van der Waals surface area contributed by atoms with Crippen molar-refractivity contribution in [2.45, 2.75) is 11.7 Å². The molecule has 40 heavy (non-hydrogen) atoms. The zero-order valence-corrected chi connectivity index (χ0v) is 23.1. The molecule has 0 bridgehead atoms. The maximum atomic E-state index is 13.2. The fraction of sp³-hybridized carbons (Fsp3) is 0.161. The molecule has 1 aliphatic heterocycles. The highest BCUT2D eigenvalue weighted by molar-refractivity contribution is 8.15. The van der Waals surface area contributed by atoms with Crippen LogP contribution >= 0.6 is 11.8 Å². The molecule has 3 aromatic carbocycles. The molecule has 0 N–H and O–H groups in total. The number of hydrogen-bond acceptors (Lipinski definition) is 7. The fourth-order valence-corrected chi connectivity index (χ4v) is 5.44. The van der Waals surface area contributed by atoms with E-state index in [0.717, 1.165) is 39.6 Å². The van der Waals surface area contributed by atoms with Crippen molar-refractivity contribution >= 4 is 29.1 Å². The lowest BCUT2D eigenvalue weighted by Gasteiger charge is -2.13. The van der Waals surface area contributed by atoms with Crippen molar-refractivity contribution in [3.63, 3.8) is 0 Å². The number of hydrogen-bond donors (Lipinski definition) is 0. The first-order valence-electron chi connectivity index (χ1n) is 12.7. The van der Waals surface area contributed by atoms with Crippen LogP contribution in [0.2, 0.25) is 0 Å². The van der Waals surface area contributed by atoms with Crippen molar-refractivity contribution < 1.29 is 14.3 Å². The molecule has 202 valence electrons. The van der Waals surface area contributed by atoms with E-state index in [0.29, 0.717) is 18.1 Å². The van der Waals surface area contributed by atoms with E-state index in [1.165, 1.54) is 11.8 Å². The van der Waals surface area contributed by atoms with Gasteiger partial charge in [-0.15, -0.1) is 11.7 Å². The van der Waals surface area contributed by atoms with Gasteiger partial charge in [-0.2, -0.15) is 10.2 Å². The molecule has 1 aliphatic rings. The lowest BCUT2D eigenvalue weighted by Crippen LogP contribution is -2.32. The number of thioether (sulfide) groups is 1. The quantitative estimate of drug-likeness (QED) is 0.145. The van der Waals surface area contributed by atoms with Gasteiger partial charge >= 0.3 is 0 Å². The summed E-state index contributed by atoms with van der Waals surface area (Å²) >= 11 is 1.41. The molecule has 0 saturated carbocycles. The monoisotopic (exact) mass is 551 g/mol. The van der Waals surface area contributed by atoms with Crippen molar-refractivity contribution in [1.29, 1.82) is 0 Å². The number of rotatable bonds is 10. The molecular formula is C31H29N5O3S. The highest BCUT2D eigenvalue weighted by Gasteiger charge is 2.37. The number of benzene rings is 3. The third-order valence-electron chi connectivity index (χ3n) is 6.38. The lowest BCUT2D eigenvalue weighted by molar-refractivity contribution is -0.125. The van der Waals surface area contributed by atoms with Crippen molar-refractivity contribution in [3.05, 3.63) is 109 Å². The number of carbonyl (C=O) groups excluding carboxylic acids is 1. The van der Waals surface area contributed by atoms with Crippen molar-refractivity contribution in [3.8, 4) is 28.4 Å². The summed E-state index contributed by atoms with van der Waals surface area (Å²) in [6.07, 6.45) is 5.86. The molecule has 0 radical (unpaired) electrons. The first-order chi connectivity index (χ1) is 19.6. The Kier molecular flexibility index (Phi) is 8.41. The van der Waals surface area contributed by atoms with E-state index in [2.05, 4.69) is 16.8 Å². The predicted molar refractivity (Wildman–Crippen MR) is 161 cm³/mol. The molecule has 4 aromatic rings. The Hall–Kier alpha value is -4.63. The van der Waals surface area contributed by atoms with Gasteiger partial charge in [-0.05, 0) is 60.5 Å². The Bertz CT molecular complexity index is 1530. The van der Waals surface area contributed by atoms with E-state index in [-0.39, 0.29) is 11.2 Å².